The summed E-state index contributed by atoms with van der Waals surface area (Å²) in [6.45, 7) is 10.8. The van der Waals surface area contributed by atoms with Crippen LogP contribution < -0.4 is 24.5 Å². The van der Waals surface area contributed by atoms with Crippen molar-refractivity contribution in [2.75, 3.05) is 31.6 Å². The molecule has 3 aromatic rings. The zero-order chi connectivity index (χ0) is 27.8. The lowest BCUT2D eigenvalue weighted by Gasteiger charge is -2.29. The Labute approximate surface area is 230 Å². The fourth-order valence-electron chi connectivity index (χ4n) is 5.32. The summed E-state index contributed by atoms with van der Waals surface area (Å²) in [5.41, 5.74) is 3.02. The number of para-hydroxylation sites is 2. The first-order valence-corrected chi connectivity index (χ1v) is 13.7. The van der Waals surface area contributed by atoms with Gasteiger partial charge in [-0.2, -0.15) is 0 Å². The molecule has 0 unspecified atom stereocenters. The van der Waals surface area contributed by atoms with Gasteiger partial charge in [-0.15, -0.1) is 6.58 Å². The van der Waals surface area contributed by atoms with Crippen LogP contribution in [0.1, 0.15) is 37.9 Å². The number of rotatable bonds is 7. The zero-order valence-electron chi connectivity index (χ0n) is 22.4. The van der Waals surface area contributed by atoms with Gasteiger partial charge in [-0.05, 0) is 32.9 Å². The van der Waals surface area contributed by atoms with Gasteiger partial charge < -0.3 is 14.5 Å². The number of methoxy groups -OCH3 is 1. The van der Waals surface area contributed by atoms with Crippen molar-refractivity contribution < 1.29 is 14.3 Å². The van der Waals surface area contributed by atoms with Crippen LogP contribution in [0.4, 0.5) is 5.69 Å². The molecule has 0 fully saturated rings. The second kappa shape index (κ2) is 10.5. The fraction of sp³-hybridized carbons (Fsp3) is 0.267. The van der Waals surface area contributed by atoms with Crippen molar-refractivity contribution in [3.8, 4) is 5.75 Å². The number of anilines is 1. The van der Waals surface area contributed by atoms with Crippen LogP contribution in [-0.2, 0) is 9.59 Å². The number of nitrogens with zero attached hydrogens (tertiary/aromatic N) is 4. The van der Waals surface area contributed by atoms with Crippen molar-refractivity contribution >= 4 is 34.4 Å². The molecule has 0 saturated carbocycles. The lowest BCUT2D eigenvalue weighted by molar-refractivity contribution is -0.127. The first-order valence-electron chi connectivity index (χ1n) is 12.9. The Morgan fingerprint density at radius 2 is 1.82 bits per heavy atom. The highest BCUT2D eigenvalue weighted by Gasteiger charge is 2.38. The third kappa shape index (κ3) is 4.13. The van der Waals surface area contributed by atoms with Gasteiger partial charge in [0.2, 0.25) is 0 Å². The molecule has 2 amide bonds. The van der Waals surface area contributed by atoms with E-state index in [1.165, 1.54) is 11.3 Å². The minimum Gasteiger partial charge on any atom is -0.496 e. The number of benzene rings is 2. The number of likely N-dealkylation sites (N-methyl/N-ethyl adjacent to an activating group) is 1. The number of fused-ring (bicyclic) bond motifs is 2. The van der Waals surface area contributed by atoms with Crippen molar-refractivity contribution in [1.82, 2.24) is 9.47 Å². The van der Waals surface area contributed by atoms with E-state index in [2.05, 4.69) is 6.58 Å². The van der Waals surface area contributed by atoms with Crippen molar-refractivity contribution in [2.45, 2.75) is 26.8 Å². The largest absolute Gasteiger partial charge is 0.496 e. The highest BCUT2D eigenvalue weighted by Crippen LogP contribution is 2.37. The van der Waals surface area contributed by atoms with E-state index < -0.39 is 6.04 Å². The van der Waals surface area contributed by atoms with Crippen molar-refractivity contribution in [3.05, 3.63) is 103 Å². The predicted molar refractivity (Wildman–Crippen MR) is 153 cm³/mol. The van der Waals surface area contributed by atoms with Crippen LogP contribution in [0.3, 0.4) is 0 Å². The van der Waals surface area contributed by atoms with Crippen LogP contribution in [0, 0.1) is 0 Å². The number of carbonyl (C=O) groups excluding carboxylic acids is 2. The molecule has 2 aliphatic heterocycles. The molecular formula is C30H30N4O4S. The van der Waals surface area contributed by atoms with E-state index in [0.717, 1.165) is 5.69 Å². The topological polar surface area (TPSA) is 84.2 Å². The number of ether oxygens (including phenoxy) is 1. The molecule has 0 aliphatic carbocycles. The second-order valence-corrected chi connectivity index (χ2v) is 10.2. The molecule has 1 aromatic heterocycles. The lowest BCUT2D eigenvalue weighted by Crippen LogP contribution is -2.43. The number of hydrogen-bond acceptors (Lipinski definition) is 6. The molecule has 0 radical (unpaired) electrons. The third-order valence-corrected chi connectivity index (χ3v) is 8.23. The summed E-state index contributed by atoms with van der Waals surface area (Å²) < 4.78 is 7.51. The van der Waals surface area contributed by atoms with Gasteiger partial charge in [-0.3, -0.25) is 19.0 Å². The van der Waals surface area contributed by atoms with Gasteiger partial charge in [0.05, 0.1) is 29.6 Å². The maximum absolute atomic E-state index is 14.3. The van der Waals surface area contributed by atoms with E-state index in [-0.39, 0.29) is 17.4 Å². The van der Waals surface area contributed by atoms with E-state index in [9.17, 15) is 14.4 Å². The second-order valence-electron chi connectivity index (χ2n) is 9.22. The van der Waals surface area contributed by atoms with Gasteiger partial charge >= 0.3 is 0 Å². The molecule has 3 heterocycles. The molecular weight excluding hydrogens is 512 g/mol. The summed E-state index contributed by atoms with van der Waals surface area (Å²) in [4.78, 5) is 50.3. The first kappa shape index (κ1) is 26.4. The van der Waals surface area contributed by atoms with Gasteiger partial charge in [0.25, 0.3) is 17.4 Å². The van der Waals surface area contributed by atoms with Crippen molar-refractivity contribution in [3.63, 3.8) is 0 Å². The number of hydrogen-bond donors (Lipinski definition) is 0. The van der Waals surface area contributed by atoms with Gasteiger partial charge in [-0.1, -0.05) is 53.8 Å². The van der Waals surface area contributed by atoms with Crippen LogP contribution in [0.5, 0.6) is 5.75 Å². The maximum atomic E-state index is 14.3. The molecule has 39 heavy (non-hydrogen) atoms. The molecule has 2 aliphatic rings. The van der Waals surface area contributed by atoms with E-state index in [4.69, 9.17) is 9.73 Å². The summed E-state index contributed by atoms with van der Waals surface area (Å²) in [7, 11) is 1.56. The average Bonchev–Trinajstić information content (AvgIpc) is 3.41. The normalized spacial score (nSPS) is 17.5. The minimum atomic E-state index is -0.768. The highest BCUT2D eigenvalue weighted by molar-refractivity contribution is 7.07. The number of allylic oxidation sites excluding steroid dienone is 1. The first-order chi connectivity index (χ1) is 18.9. The van der Waals surface area contributed by atoms with Gasteiger partial charge in [0.1, 0.15) is 16.3 Å². The van der Waals surface area contributed by atoms with E-state index in [0.29, 0.717) is 62.7 Å². The molecule has 5 rings (SSSR count). The summed E-state index contributed by atoms with van der Waals surface area (Å²) in [5, 5.41) is 0. The molecule has 1 atom stereocenters. The average molecular weight is 543 g/mol. The predicted octanol–water partition coefficient (Wildman–Crippen LogP) is 3.02. The minimum absolute atomic E-state index is 0.186. The molecule has 2 aromatic carbocycles. The Hall–Kier alpha value is -4.24. The summed E-state index contributed by atoms with van der Waals surface area (Å²) in [6.07, 6.45) is 1.66. The van der Waals surface area contributed by atoms with E-state index in [1.54, 1.807) is 34.5 Å². The van der Waals surface area contributed by atoms with E-state index in [1.807, 2.05) is 62.4 Å². The van der Waals surface area contributed by atoms with Crippen LogP contribution in [0.2, 0.25) is 0 Å². The Morgan fingerprint density at radius 1 is 1.13 bits per heavy atom. The molecule has 0 bridgehead atoms. The number of amides is 2. The fourth-order valence-corrected chi connectivity index (χ4v) is 6.46. The summed E-state index contributed by atoms with van der Waals surface area (Å²) >= 11 is 1.17. The molecule has 0 spiro atoms. The van der Waals surface area contributed by atoms with Crippen LogP contribution in [0.25, 0.3) is 5.57 Å². The Balaban J connectivity index is 1.84. The number of thiazole rings is 1. The van der Waals surface area contributed by atoms with Gasteiger partial charge in [0.15, 0.2) is 4.80 Å². The zero-order valence-corrected chi connectivity index (χ0v) is 23.2. The Kier molecular flexibility index (Phi) is 7.10. The molecule has 8 nitrogen and oxygen atoms in total. The summed E-state index contributed by atoms with van der Waals surface area (Å²) in [5.74, 6) is 0.111. The van der Waals surface area contributed by atoms with E-state index >= 15 is 0 Å². The molecule has 9 heteroatoms. The number of aromatic nitrogens is 1. The van der Waals surface area contributed by atoms with Crippen LogP contribution in [-0.4, -0.2) is 48.0 Å². The Bertz CT molecular complexity index is 1710. The van der Waals surface area contributed by atoms with Crippen molar-refractivity contribution in [1.29, 1.82) is 0 Å². The van der Waals surface area contributed by atoms with Crippen LogP contribution >= 0.6 is 11.3 Å². The highest BCUT2D eigenvalue weighted by atomic mass is 32.1. The standard InChI is InChI=1S/C30H30N4O4S/c1-6-17-33-21-15-11-9-13-19(21)24(28(33)36)26-29(37)34-25(20-14-10-12-16-22(20)38-5)23(18(4)31-30(34)39-26)27(35)32(7-2)8-3/h6,9-16,25H,1,7-8,17H2,2-5H3/b26-24-/t25-/m0/s1. The SMILES string of the molecule is C=CCN1C(=O)/C(=c2\sc3n(c2=O)[C@@H](c2ccccc2OC)C(C(=O)N(CC)CC)=C(C)N=3)c2ccccc21. The third-order valence-electron chi connectivity index (χ3n) is 7.17. The molecule has 0 N–H and O–H groups in total. The van der Waals surface area contributed by atoms with Gasteiger partial charge in [-0.25, -0.2) is 4.99 Å². The summed E-state index contributed by atoms with van der Waals surface area (Å²) in [6, 6.07) is 14.0. The monoisotopic (exact) mass is 542 g/mol. The maximum Gasteiger partial charge on any atom is 0.271 e. The number of carbonyl (C=O) groups is 2. The molecule has 0 saturated heterocycles. The smallest absolute Gasteiger partial charge is 0.271 e. The quantitative estimate of drug-likeness (QED) is 0.430. The Morgan fingerprint density at radius 3 is 2.51 bits per heavy atom. The lowest BCUT2D eigenvalue weighted by atomic mass is 9.94. The van der Waals surface area contributed by atoms with Crippen molar-refractivity contribution in [2.24, 2.45) is 4.99 Å². The van der Waals surface area contributed by atoms with Crippen LogP contribution in [0.15, 0.2) is 82.2 Å². The van der Waals surface area contributed by atoms with Gasteiger partial charge in [0, 0.05) is 30.8 Å². The molecule has 200 valence electrons.